The molecule has 0 atom stereocenters. The molecule has 1 aromatic heterocycles. The van der Waals surface area contributed by atoms with Gasteiger partial charge in [-0.1, -0.05) is 0 Å². The highest BCUT2D eigenvalue weighted by atomic mass is 32.2. The maximum Gasteiger partial charge on any atom is 0.261 e. The highest BCUT2D eigenvalue weighted by Crippen LogP contribution is 2.30. The Kier molecular flexibility index (Phi) is 4.59. The quantitative estimate of drug-likeness (QED) is 0.767. The molecule has 0 saturated heterocycles. The van der Waals surface area contributed by atoms with Gasteiger partial charge in [-0.3, -0.25) is 4.79 Å². The number of sulfonamides is 1. The number of aryl methyl sites for hydroxylation is 2. The van der Waals surface area contributed by atoms with Crippen molar-refractivity contribution in [3.63, 3.8) is 0 Å². The Labute approximate surface area is 117 Å². The Morgan fingerprint density at radius 1 is 1.37 bits per heavy atom. The van der Waals surface area contributed by atoms with Gasteiger partial charge in [0.1, 0.15) is 0 Å². The van der Waals surface area contributed by atoms with Gasteiger partial charge in [-0.25, -0.2) is 13.1 Å². The van der Waals surface area contributed by atoms with Gasteiger partial charge in [-0.2, -0.15) is 0 Å². The summed E-state index contributed by atoms with van der Waals surface area (Å²) in [5.74, 6) is -0.0567. The Morgan fingerprint density at radius 3 is 2.84 bits per heavy atom. The zero-order chi connectivity index (χ0) is 13.9. The van der Waals surface area contributed by atoms with E-state index in [0.717, 1.165) is 24.0 Å². The van der Waals surface area contributed by atoms with E-state index in [9.17, 15) is 13.2 Å². The first-order valence-electron chi connectivity index (χ1n) is 6.30. The fraction of sp³-hybridized carbons (Fsp3) is 0.583. The lowest BCUT2D eigenvalue weighted by Crippen LogP contribution is -2.29. The molecule has 19 heavy (non-hydrogen) atoms. The maximum atomic E-state index is 11.9. The second-order valence-corrected chi connectivity index (χ2v) is 7.66. The average molecular weight is 302 g/mol. The van der Waals surface area contributed by atoms with Gasteiger partial charge in [0, 0.05) is 18.0 Å². The minimum absolute atomic E-state index is 0.0567. The SMILES string of the molecule is CS(=O)(=O)NCCCNC(=O)c1cc2c(s1)CCC2. The Bertz CT molecular complexity index is 542. The first kappa shape index (κ1) is 14.5. The lowest BCUT2D eigenvalue weighted by Gasteiger charge is -2.04. The van der Waals surface area contributed by atoms with E-state index in [0.29, 0.717) is 19.5 Å². The van der Waals surface area contributed by atoms with Gasteiger partial charge in [-0.15, -0.1) is 11.3 Å². The lowest BCUT2D eigenvalue weighted by atomic mass is 10.2. The summed E-state index contributed by atoms with van der Waals surface area (Å²) in [6.45, 7) is 0.823. The molecule has 106 valence electrons. The Hall–Kier alpha value is -0.920. The molecule has 0 fully saturated rings. The fourth-order valence-electron chi connectivity index (χ4n) is 2.08. The summed E-state index contributed by atoms with van der Waals surface area (Å²) in [5.41, 5.74) is 1.31. The van der Waals surface area contributed by atoms with Gasteiger partial charge in [-0.05, 0) is 37.3 Å². The topological polar surface area (TPSA) is 75.3 Å². The van der Waals surface area contributed by atoms with Crippen molar-refractivity contribution in [3.05, 3.63) is 21.4 Å². The van der Waals surface area contributed by atoms with Crippen LogP contribution in [0.5, 0.6) is 0 Å². The molecule has 7 heteroatoms. The number of hydrogen-bond acceptors (Lipinski definition) is 4. The molecular formula is C12H18N2O3S2. The monoisotopic (exact) mass is 302 g/mol. The first-order valence-corrected chi connectivity index (χ1v) is 9.01. The van der Waals surface area contributed by atoms with E-state index in [1.165, 1.54) is 16.9 Å². The van der Waals surface area contributed by atoms with Gasteiger partial charge in [0.05, 0.1) is 11.1 Å². The zero-order valence-corrected chi connectivity index (χ0v) is 12.5. The molecule has 0 aromatic carbocycles. The third kappa shape index (κ3) is 4.29. The van der Waals surface area contributed by atoms with Crippen LogP contribution in [0, 0.1) is 0 Å². The summed E-state index contributed by atoms with van der Waals surface area (Å²) in [7, 11) is -3.14. The van der Waals surface area contributed by atoms with Crippen LogP contribution in [0.25, 0.3) is 0 Å². The molecule has 0 spiro atoms. The van der Waals surface area contributed by atoms with E-state index in [-0.39, 0.29) is 5.91 Å². The molecular weight excluding hydrogens is 284 g/mol. The van der Waals surface area contributed by atoms with Crippen molar-refractivity contribution in [1.29, 1.82) is 0 Å². The molecule has 1 amide bonds. The van der Waals surface area contributed by atoms with Gasteiger partial charge >= 0.3 is 0 Å². The summed E-state index contributed by atoms with van der Waals surface area (Å²) in [4.78, 5) is 14.0. The summed E-state index contributed by atoms with van der Waals surface area (Å²) >= 11 is 1.57. The van der Waals surface area contributed by atoms with Crippen LogP contribution in [0.3, 0.4) is 0 Å². The molecule has 1 aromatic rings. The van der Waals surface area contributed by atoms with Crippen molar-refractivity contribution < 1.29 is 13.2 Å². The standard InChI is InChI=1S/C12H18N2O3S2/c1-19(16,17)14-7-3-6-13-12(15)11-8-9-4-2-5-10(9)18-11/h8,14H,2-7H2,1H3,(H,13,15). The van der Waals surface area contributed by atoms with Crippen LogP contribution in [-0.2, 0) is 22.9 Å². The molecule has 0 unspecified atom stereocenters. The van der Waals surface area contributed by atoms with Crippen molar-refractivity contribution in [1.82, 2.24) is 10.0 Å². The fourth-order valence-corrected chi connectivity index (χ4v) is 3.76. The van der Waals surface area contributed by atoms with E-state index in [2.05, 4.69) is 10.0 Å². The second-order valence-electron chi connectivity index (χ2n) is 4.69. The van der Waals surface area contributed by atoms with Gasteiger partial charge in [0.15, 0.2) is 0 Å². The zero-order valence-electron chi connectivity index (χ0n) is 10.9. The first-order chi connectivity index (χ1) is 8.96. The van der Waals surface area contributed by atoms with Crippen LogP contribution in [0.1, 0.15) is 33.0 Å². The summed E-state index contributed by atoms with van der Waals surface area (Å²) in [6, 6.07) is 1.98. The van der Waals surface area contributed by atoms with E-state index in [4.69, 9.17) is 0 Å². The predicted molar refractivity (Wildman–Crippen MR) is 76.1 cm³/mol. The number of hydrogen-bond donors (Lipinski definition) is 2. The van der Waals surface area contributed by atoms with Crippen LogP contribution in [0.4, 0.5) is 0 Å². The molecule has 0 saturated carbocycles. The maximum absolute atomic E-state index is 11.9. The molecule has 2 N–H and O–H groups in total. The number of amides is 1. The Morgan fingerprint density at radius 2 is 2.16 bits per heavy atom. The average Bonchev–Trinajstić information content (AvgIpc) is 2.86. The predicted octanol–water partition coefficient (Wildman–Crippen LogP) is 0.906. The van der Waals surface area contributed by atoms with E-state index < -0.39 is 10.0 Å². The summed E-state index contributed by atoms with van der Waals surface area (Å²) in [6.07, 6.45) is 5.08. The largest absolute Gasteiger partial charge is 0.351 e. The van der Waals surface area contributed by atoms with Crippen molar-refractivity contribution in [2.24, 2.45) is 0 Å². The van der Waals surface area contributed by atoms with Crippen molar-refractivity contribution in [2.45, 2.75) is 25.7 Å². The lowest BCUT2D eigenvalue weighted by molar-refractivity contribution is 0.0957. The molecule has 1 aliphatic carbocycles. The number of thiophene rings is 1. The van der Waals surface area contributed by atoms with Gasteiger partial charge in [0.2, 0.25) is 10.0 Å². The number of nitrogens with one attached hydrogen (secondary N) is 2. The second kappa shape index (κ2) is 6.02. The van der Waals surface area contributed by atoms with Crippen LogP contribution in [0.15, 0.2) is 6.07 Å². The molecule has 1 heterocycles. The highest BCUT2D eigenvalue weighted by Gasteiger charge is 2.17. The van der Waals surface area contributed by atoms with Crippen LogP contribution < -0.4 is 10.0 Å². The normalized spacial score (nSPS) is 14.4. The van der Waals surface area contributed by atoms with Crippen LogP contribution in [-0.4, -0.2) is 33.7 Å². The minimum atomic E-state index is -3.14. The molecule has 0 radical (unpaired) electrons. The molecule has 0 aliphatic heterocycles. The number of fused-ring (bicyclic) bond motifs is 1. The third-order valence-corrected chi connectivity index (χ3v) is 4.94. The Balaban J connectivity index is 1.72. The molecule has 1 aliphatic rings. The highest BCUT2D eigenvalue weighted by molar-refractivity contribution is 7.88. The minimum Gasteiger partial charge on any atom is -0.351 e. The van der Waals surface area contributed by atoms with Gasteiger partial charge < -0.3 is 5.32 Å². The number of carbonyl (C=O) groups excluding carboxylic acids is 1. The summed E-state index contributed by atoms with van der Waals surface area (Å²) in [5, 5.41) is 2.81. The smallest absolute Gasteiger partial charge is 0.261 e. The van der Waals surface area contributed by atoms with Gasteiger partial charge in [0.25, 0.3) is 5.91 Å². The third-order valence-electron chi connectivity index (χ3n) is 2.97. The summed E-state index contributed by atoms with van der Waals surface area (Å²) < 4.78 is 24.1. The molecule has 2 rings (SSSR count). The van der Waals surface area contributed by atoms with Crippen molar-refractivity contribution in [3.8, 4) is 0 Å². The van der Waals surface area contributed by atoms with E-state index >= 15 is 0 Å². The van der Waals surface area contributed by atoms with E-state index in [1.54, 1.807) is 11.3 Å². The van der Waals surface area contributed by atoms with Crippen molar-refractivity contribution in [2.75, 3.05) is 19.3 Å². The van der Waals surface area contributed by atoms with Crippen LogP contribution in [0.2, 0.25) is 0 Å². The number of rotatable bonds is 6. The van der Waals surface area contributed by atoms with Crippen LogP contribution >= 0.6 is 11.3 Å². The van der Waals surface area contributed by atoms with E-state index in [1.807, 2.05) is 6.07 Å². The molecule has 0 bridgehead atoms. The van der Waals surface area contributed by atoms with Crippen molar-refractivity contribution >= 4 is 27.3 Å². The number of carbonyl (C=O) groups is 1. The molecule has 5 nitrogen and oxygen atoms in total.